The van der Waals surface area contributed by atoms with E-state index in [1.54, 1.807) is 0 Å². The number of halogens is 1. The molecule has 0 aliphatic heterocycles. The van der Waals surface area contributed by atoms with Gasteiger partial charge in [-0.3, -0.25) is 4.79 Å². The molecule has 0 heterocycles. The Bertz CT molecular complexity index is 362. The van der Waals surface area contributed by atoms with Crippen LogP contribution in [0.2, 0.25) is 0 Å². The van der Waals surface area contributed by atoms with E-state index in [0.717, 1.165) is 10.0 Å². The SMILES string of the molecule is CC(C)NCC(=O)NC(C)c1ccc(Br)cc1. The molecule has 0 saturated heterocycles. The highest BCUT2D eigenvalue weighted by molar-refractivity contribution is 9.10. The molecule has 0 bridgehead atoms. The van der Waals surface area contributed by atoms with Crippen LogP contribution in [0.4, 0.5) is 0 Å². The zero-order chi connectivity index (χ0) is 12.8. The van der Waals surface area contributed by atoms with E-state index in [1.807, 2.05) is 45.0 Å². The molecule has 2 N–H and O–H groups in total. The van der Waals surface area contributed by atoms with Crippen molar-refractivity contribution in [2.75, 3.05) is 6.54 Å². The highest BCUT2D eigenvalue weighted by Gasteiger charge is 2.09. The fourth-order valence-electron chi connectivity index (χ4n) is 1.42. The summed E-state index contributed by atoms with van der Waals surface area (Å²) in [5.74, 6) is 0.0223. The van der Waals surface area contributed by atoms with Crippen molar-refractivity contribution in [3.63, 3.8) is 0 Å². The zero-order valence-corrected chi connectivity index (χ0v) is 12.0. The van der Waals surface area contributed by atoms with E-state index in [2.05, 4.69) is 26.6 Å². The molecular formula is C13H19BrN2O. The Balaban J connectivity index is 2.46. The largest absolute Gasteiger partial charge is 0.348 e. The summed E-state index contributed by atoms with van der Waals surface area (Å²) in [4.78, 5) is 11.6. The summed E-state index contributed by atoms with van der Waals surface area (Å²) in [7, 11) is 0. The fourth-order valence-corrected chi connectivity index (χ4v) is 1.69. The molecule has 0 radical (unpaired) electrons. The number of hydrogen-bond acceptors (Lipinski definition) is 2. The van der Waals surface area contributed by atoms with Crippen LogP contribution < -0.4 is 10.6 Å². The molecule has 1 amide bonds. The van der Waals surface area contributed by atoms with Crippen LogP contribution in [0.5, 0.6) is 0 Å². The van der Waals surface area contributed by atoms with Crippen LogP contribution in [0.25, 0.3) is 0 Å². The molecule has 3 nitrogen and oxygen atoms in total. The van der Waals surface area contributed by atoms with Gasteiger partial charge in [-0.2, -0.15) is 0 Å². The van der Waals surface area contributed by atoms with Gasteiger partial charge in [0.1, 0.15) is 0 Å². The molecule has 0 saturated carbocycles. The topological polar surface area (TPSA) is 41.1 Å². The second-order valence-corrected chi connectivity index (χ2v) is 5.29. The first kappa shape index (κ1) is 14.2. The average molecular weight is 299 g/mol. The summed E-state index contributed by atoms with van der Waals surface area (Å²) in [6.45, 7) is 6.38. The van der Waals surface area contributed by atoms with E-state index in [-0.39, 0.29) is 11.9 Å². The number of carbonyl (C=O) groups excluding carboxylic acids is 1. The average Bonchev–Trinajstić information content (AvgIpc) is 2.27. The highest BCUT2D eigenvalue weighted by atomic mass is 79.9. The first-order valence-electron chi connectivity index (χ1n) is 5.77. The van der Waals surface area contributed by atoms with E-state index in [0.29, 0.717) is 12.6 Å². The van der Waals surface area contributed by atoms with Crippen molar-refractivity contribution in [2.24, 2.45) is 0 Å². The molecule has 4 heteroatoms. The molecule has 94 valence electrons. The molecule has 1 unspecified atom stereocenters. The zero-order valence-electron chi connectivity index (χ0n) is 10.5. The Labute approximate surface area is 111 Å². The smallest absolute Gasteiger partial charge is 0.234 e. The van der Waals surface area contributed by atoms with Gasteiger partial charge in [-0.25, -0.2) is 0 Å². The third kappa shape index (κ3) is 5.33. The number of hydrogen-bond donors (Lipinski definition) is 2. The standard InChI is InChI=1S/C13H19BrN2O/c1-9(2)15-8-13(17)16-10(3)11-4-6-12(14)7-5-11/h4-7,9-10,15H,8H2,1-3H3,(H,16,17). The fraction of sp³-hybridized carbons (Fsp3) is 0.462. The maximum atomic E-state index is 11.6. The number of benzene rings is 1. The summed E-state index contributed by atoms with van der Waals surface area (Å²) in [6, 6.07) is 8.32. The molecule has 0 spiro atoms. The van der Waals surface area contributed by atoms with Gasteiger partial charge < -0.3 is 10.6 Å². The van der Waals surface area contributed by atoms with Gasteiger partial charge in [-0.05, 0) is 24.6 Å². The lowest BCUT2D eigenvalue weighted by atomic mass is 10.1. The number of nitrogens with one attached hydrogen (secondary N) is 2. The molecule has 0 aliphatic rings. The van der Waals surface area contributed by atoms with Crippen molar-refractivity contribution >= 4 is 21.8 Å². The van der Waals surface area contributed by atoms with Gasteiger partial charge in [-0.15, -0.1) is 0 Å². The highest BCUT2D eigenvalue weighted by Crippen LogP contribution is 2.16. The van der Waals surface area contributed by atoms with Crippen molar-refractivity contribution in [3.05, 3.63) is 34.3 Å². The van der Waals surface area contributed by atoms with Crippen LogP contribution in [-0.2, 0) is 4.79 Å². The number of amides is 1. The molecule has 1 rings (SSSR count). The van der Waals surface area contributed by atoms with Crippen molar-refractivity contribution in [3.8, 4) is 0 Å². The van der Waals surface area contributed by atoms with Crippen molar-refractivity contribution < 1.29 is 4.79 Å². The second-order valence-electron chi connectivity index (χ2n) is 4.38. The Morgan fingerprint density at radius 1 is 1.24 bits per heavy atom. The van der Waals surface area contributed by atoms with E-state index in [1.165, 1.54) is 0 Å². The van der Waals surface area contributed by atoms with Gasteiger partial charge in [0, 0.05) is 10.5 Å². The lowest BCUT2D eigenvalue weighted by molar-refractivity contribution is -0.121. The monoisotopic (exact) mass is 298 g/mol. The molecular weight excluding hydrogens is 280 g/mol. The minimum absolute atomic E-state index is 0.0223. The van der Waals surface area contributed by atoms with E-state index < -0.39 is 0 Å². The molecule has 0 aliphatic carbocycles. The molecule has 17 heavy (non-hydrogen) atoms. The van der Waals surface area contributed by atoms with Gasteiger partial charge in [0.05, 0.1) is 12.6 Å². The quantitative estimate of drug-likeness (QED) is 0.877. The van der Waals surface area contributed by atoms with Crippen molar-refractivity contribution in [1.29, 1.82) is 0 Å². The van der Waals surface area contributed by atoms with Crippen LogP contribution in [0.15, 0.2) is 28.7 Å². The first-order valence-corrected chi connectivity index (χ1v) is 6.56. The van der Waals surface area contributed by atoms with Crippen LogP contribution >= 0.6 is 15.9 Å². The third-order valence-corrected chi connectivity index (χ3v) is 2.95. The predicted molar refractivity (Wildman–Crippen MR) is 73.8 cm³/mol. The Kier molecular flexibility index (Phi) is 5.65. The number of carbonyl (C=O) groups is 1. The summed E-state index contributed by atoms with van der Waals surface area (Å²) < 4.78 is 1.04. The molecule has 0 fully saturated rings. The number of rotatable bonds is 5. The van der Waals surface area contributed by atoms with Gasteiger partial charge in [0.2, 0.25) is 5.91 Å². The van der Waals surface area contributed by atoms with E-state index in [9.17, 15) is 4.79 Å². The van der Waals surface area contributed by atoms with Crippen LogP contribution in [0, 0.1) is 0 Å². The lowest BCUT2D eigenvalue weighted by Gasteiger charge is -2.15. The minimum Gasteiger partial charge on any atom is -0.348 e. The van der Waals surface area contributed by atoms with Gasteiger partial charge in [-0.1, -0.05) is 41.9 Å². The molecule has 1 aromatic carbocycles. The van der Waals surface area contributed by atoms with E-state index >= 15 is 0 Å². The maximum absolute atomic E-state index is 11.6. The summed E-state index contributed by atoms with van der Waals surface area (Å²) in [6.07, 6.45) is 0. The van der Waals surface area contributed by atoms with Crippen LogP contribution in [0.1, 0.15) is 32.4 Å². The van der Waals surface area contributed by atoms with E-state index in [4.69, 9.17) is 0 Å². The molecule has 1 aromatic rings. The normalized spacial score (nSPS) is 12.5. The second kappa shape index (κ2) is 6.77. The molecule has 1 atom stereocenters. The Morgan fingerprint density at radius 2 is 1.82 bits per heavy atom. The molecule has 0 aromatic heterocycles. The lowest BCUT2D eigenvalue weighted by Crippen LogP contribution is -2.37. The van der Waals surface area contributed by atoms with Gasteiger partial charge in [0.25, 0.3) is 0 Å². The first-order chi connectivity index (χ1) is 7.99. The van der Waals surface area contributed by atoms with Crippen LogP contribution in [0.3, 0.4) is 0 Å². The maximum Gasteiger partial charge on any atom is 0.234 e. The predicted octanol–water partition coefficient (Wildman–Crippen LogP) is 2.62. The summed E-state index contributed by atoms with van der Waals surface area (Å²) in [5, 5.41) is 6.05. The van der Waals surface area contributed by atoms with Crippen molar-refractivity contribution in [2.45, 2.75) is 32.9 Å². The Morgan fingerprint density at radius 3 is 2.35 bits per heavy atom. The Hall–Kier alpha value is -0.870. The minimum atomic E-state index is 0.0223. The van der Waals surface area contributed by atoms with Crippen molar-refractivity contribution in [1.82, 2.24) is 10.6 Å². The summed E-state index contributed by atoms with van der Waals surface area (Å²) in [5.41, 5.74) is 1.10. The summed E-state index contributed by atoms with van der Waals surface area (Å²) >= 11 is 3.39. The van der Waals surface area contributed by atoms with Gasteiger partial charge >= 0.3 is 0 Å². The third-order valence-electron chi connectivity index (χ3n) is 2.42. The van der Waals surface area contributed by atoms with Gasteiger partial charge in [0.15, 0.2) is 0 Å². The van der Waals surface area contributed by atoms with Crippen LogP contribution in [-0.4, -0.2) is 18.5 Å².